The summed E-state index contributed by atoms with van der Waals surface area (Å²) in [5.74, 6) is 0.246. The predicted molar refractivity (Wildman–Crippen MR) is 90.3 cm³/mol. The number of thioether (sulfide) groups is 1. The van der Waals surface area contributed by atoms with Crippen LogP contribution in [-0.4, -0.2) is 47.1 Å². The van der Waals surface area contributed by atoms with E-state index in [9.17, 15) is 9.59 Å². The molecule has 0 fully saturated rings. The standard InChI is InChI=1S/C16H18N2O4S/c1-10-13(16(21)17-5-6-23-9-15(19)20)7-11-3-4-12(22-2)8-14(11)18-10/h3-4,7-8H,5-6,9H2,1-2H3,(H,17,21)(H,19,20). The predicted octanol–water partition coefficient (Wildman–Crippen LogP) is 2.10. The molecule has 0 saturated heterocycles. The molecule has 0 unspecified atom stereocenters. The summed E-state index contributed by atoms with van der Waals surface area (Å²) < 4.78 is 5.17. The van der Waals surface area contributed by atoms with Crippen molar-refractivity contribution in [2.75, 3.05) is 25.2 Å². The Labute approximate surface area is 138 Å². The monoisotopic (exact) mass is 334 g/mol. The molecule has 6 nitrogen and oxygen atoms in total. The number of hydrogen-bond acceptors (Lipinski definition) is 5. The first kappa shape index (κ1) is 17.1. The highest BCUT2D eigenvalue weighted by atomic mass is 32.2. The summed E-state index contributed by atoms with van der Waals surface area (Å²) in [6.45, 7) is 2.20. The summed E-state index contributed by atoms with van der Waals surface area (Å²) in [4.78, 5) is 27.1. The molecular weight excluding hydrogens is 316 g/mol. The van der Waals surface area contributed by atoms with Crippen LogP contribution in [0.15, 0.2) is 24.3 Å². The van der Waals surface area contributed by atoms with E-state index < -0.39 is 5.97 Å². The van der Waals surface area contributed by atoms with E-state index in [1.807, 2.05) is 18.2 Å². The third-order valence-electron chi connectivity index (χ3n) is 3.22. The smallest absolute Gasteiger partial charge is 0.313 e. The third kappa shape index (κ3) is 4.59. The van der Waals surface area contributed by atoms with Gasteiger partial charge in [-0.25, -0.2) is 0 Å². The van der Waals surface area contributed by atoms with Gasteiger partial charge in [0.05, 0.1) is 29.6 Å². The second-order valence-corrected chi connectivity index (χ2v) is 5.99. The fourth-order valence-electron chi connectivity index (χ4n) is 2.09. The summed E-state index contributed by atoms with van der Waals surface area (Å²) in [5, 5.41) is 12.2. The zero-order valence-corrected chi connectivity index (χ0v) is 13.8. The number of nitrogens with zero attached hydrogens (tertiary/aromatic N) is 1. The number of rotatable bonds is 7. The van der Waals surface area contributed by atoms with Crippen LogP contribution in [0.25, 0.3) is 10.9 Å². The number of methoxy groups -OCH3 is 1. The molecule has 1 aromatic heterocycles. The maximum absolute atomic E-state index is 12.2. The zero-order chi connectivity index (χ0) is 16.8. The van der Waals surface area contributed by atoms with Gasteiger partial charge < -0.3 is 15.2 Å². The van der Waals surface area contributed by atoms with E-state index in [1.54, 1.807) is 20.1 Å². The van der Waals surface area contributed by atoms with Gasteiger partial charge in [0, 0.05) is 23.8 Å². The van der Waals surface area contributed by atoms with Crippen molar-refractivity contribution in [3.8, 4) is 5.75 Å². The first-order chi connectivity index (χ1) is 11.0. The largest absolute Gasteiger partial charge is 0.497 e. The Morgan fingerprint density at radius 3 is 2.83 bits per heavy atom. The van der Waals surface area contributed by atoms with Gasteiger partial charge >= 0.3 is 5.97 Å². The topological polar surface area (TPSA) is 88.5 Å². The van der Waals surface area contributed by atoms with Gasteiger partial charge in [-0.05, 0) is 25.1 Å². The molecule has 0 spiro atoms. The van der Waals surface area contributed by atoms with Gasteiger partial charge in [0.2, 0.25) is 0 Å². The number of fused-ring (bicyclic) bond motifs is 1. The van der Waals surface area contributed by atoms with Crippen LogP contribution in [0, 0.1) is 6.92 Å². The lowest BCUT2D eigenvalue weighted by molar-refractivity contribution is -0.133. The Morgan fingerprint density at radius 1 is 1.35 bits per heavy atom. The first-order valence-electron chi connectivity index (χ1n) is 7.04. The number of benzene rings is 1. The third-order valence-corrected chi connectivity index (χ3v) is 4.16. The van der Waals surface area contributed by atoms with Gasteiger partial charge in [0.15, 0.2) is 0 Å². The maximum Gasteiger partial charge on any atom is 0.313 e. The van der Waals surface area contributed by atoms with Gasteiger partial charge in [0.1, 0.15) is 5.75 Å². The van der Waals surface area contributed by atoms with Crippen molar-refractivity contribution in [2.24, 2.45) is 0 Å². The van der Waals surface area contributed by atoms with Gasteiger partial charge in [0.25, 0.3) is 5.91 Å². The number of aliphatic carboxylic acids is 1. The lowest BCUT2D eigenvalue weighted by atomic mass is 10.1. The van der Waals surface area contributed by atoms with Gasteiger partial charge in [-0.2, -0.15) is 0 Å². The van der Waals surface area contributed by atoms with Gasteiger partial charge in [-0.15, -0.1) is 11.8 Å². The average molecular weight is 334 g/mol. The van der Waals surface area contributed by atoms with Crippen LogP contribution in [0.4, 0.5) is 0 Å². The average Bonchev–Trinajstić information content (AvgIpc) is 2.52. The molecule has 0 aliphatic rings. The highest BCUT2D eigenvalue weighted by Gasteiger charge is 2.11. The molecule has 0 aliphatic carbocycles. The molecule has 1 amide bonds. The molecule has 2 rings (SSSR count). The molecule has 0 radical (unpaired) electrons. The van der Waals surface area contributed by atoms with Crippen molar-refractivity contribution < 1.29 is 19.4 Å². The Bertz CT molecular complexity index is 733. The van der Waals surface area contributed by atoms with Crippen LogP contribution >= 0.6 is 11.8 Å². The van der Waals surface area contributed by atoms with E-state index in [4.69, 9.17) is 9.84 Å². The molecule has 23 heavy (non-hydrogen) atoms. The minimum atomic E-state index is -0.855. The van der Waals surface area contributed by atoms with E-state index in [2.05, 4.69) is 10.3 Å². The van der Waals surface area contributed by atoms with Gasteiger partial charge in [-0.1, -0.05) is 0 Å². The minimum Gasteiger partial charge on any atom is -0.497 e. The Hall–Kier alpha value is -2.28. The highest BCUT2D eigenvalue weighted by molar-refractivity contribution is 7.99. The summed E-state index contributed by atoms with van der Waals surface area (Å²) in [6, 6.07) is 7.31. The normalized spacial score (nSPS) is 10.5. The summed E-state index contributed by atoms with van der Waals surface area (Å²) in [6.07, 6.45) is 0. The second kappa shape index (κ2) is 7.82. The van der Waals surface area contributed by atoms with Crippen molar-refractivity contribution in [3.63, 3.8) is 0 Å². The number of pyridine rings is 1. The van der Waals surface area contributed by atoms with Crippen LogP contribution in [0.5, 0.6) is 5.75 Å². The van der Waals surface area contributed by atoms with Crippen molar-refractivity contribution in [1.29, 1.82) is 0 Å². The van der Waals surface area contributed by atoms with Crippen molar-refractivity contribution in [1.82, 2.24) is 10.3 Å². The van der Waals surface area contributed by atoms with Crippen molar-refractivity contribution in [3.05, 3.63) is 35.5 Å². The van der Waals surface area contributed by atoms with Crippen LogP contribution in [0.2, 0.25) is 0 Å². The molecule has 0 atom stereocenters. The van der Waals surface area contributed by atoms with Crippen LogP contribution in [-0.2, 0) is 4.79 Å². The molecular formula is C16H18N2O4S. The number of ether oxygens (including phenoxy) is 1. The number of hydrogen-bond donors (Lipinski definition) is 2. The summed E-state index contributed by atoms with van der Waals surface area (Å²) in [5.41, 5.74) is 1.93. The minimum absolute atomic E-state index is 0.0360. The number of carbonyl (C=O) groups is 2. The number of aromatic nitrogens is 1. The van der Waals surface area contributed by atoms with E-state index in [1.165, 1.54) is 11.8 Å². The number of nitrogens with one attached hydrogen (secondary N) is 1. The molecule has 1 aromatic carbocycles. The molecule has 0 bridgehead atoms. The van der Waals surface area contributed by atoms with Crippen molar-refractivity contribution >= 4 is 34.5 Å². The van der Waals surface area contributed by atoms with E-state index in [0.717, 1.165) is 16.7 Å². The zero-order valence-electron chi connectivity index (χ0n) is 13.0. The number of carboxylic acid groups (broad SMARTS) is 1. The number of aryl methyl sites for hydroxylation is 1. The van der Waals surface area contributed by atoms with E-state index >= 15 is 0 Å². The lowest BCUT2D eigenvalue weighted by Crippen LogP contribution is -2.27. The molecule has 2 aromatic rings. The van der Waals surface area contributed by atoms with Gasteiger partial charge in [-0.3, -0.25) is 14.6 Å². The Balaban J connectivity index is 2.05. The summed E-state index contributed by atoms with van der Waals surface area (Å²) >= 11 is 1.27. The van der Waals surface area contributed by atoms with Crippen molar-refractivity contribution in [2.45, 2.75) is 6.92 Å². The molecule has 0 aliphatic heterocycles. The second-order valence-electron chi connectivity index (χ2n) is 4.88. The van der Waals surface area contributed by atoms with Crippen LogP contribution in [0.1, 0.15) is 16.1 Å². The molecule has 0 saturated carbocycles. The number of amides is 1. The quantitative estimate of drug-likeness (QED) is 0.754. The molecule has 1 heterocycles. The summed E-state index contributed by atoms with van der Waals surface area (Å²) in [7, 11) is 1.60. The van der Waals surface area contributed by atoms with Crippen LogP contribution < -0.4 is 10.1 Å². The first-order valence-corrected chi connectivity index (χ1v) is 8.20. The van der Waals surface area contributed by atoms with E-state index in [0.29, 0.717) is 23.6 Å². The lowest BCUT2D eigenvalue weighted by Gasteiger charge is -2.09. The SMILES string of the molecule is COc1ccc2cc(C(=O)NCCSCC(=O)O)c(C)nc2c1. The fourth-order valence-corrected chi connectivity index (χ4v) is 2.66. The Kier molecular flexibility index (Phi) is 5.81. The highest BCUT2D eigenvalue weighted by Crippen LogP contribution is 2.21. The van der Waals surface area contributed by atoms with Crippen LogP contribution in [0.3, 0.4) is 0 Å². The molecule has 122 valence electrons. The molecule has 7 heteroatoms. The van der Waals surface area contributed by atoms with E-state index in [-0.39, 0.29) is 11.7 Å². The number of carboxylic acids is 1. The maximum atomic E-state index is 12.2. The Morgan fingerprint density at radius 2 is 2.13 bits per heavy atom. The fraction of sp³-hybridized carbons (Fsp3) is 0.312. The number of carbonyl (C=O) groups excluding carboxylic acids is 1. The molecule has 2 N–H and O–H groups in total.